The van der Waals surface area contributed by atoms with Crippen LogP contribution in [0.4, 0.5) is 10.1 Å². The molecule has 0 aliphatic rings. The largest absolute Gasteiger partial charge is 0.326 e. The number of amides is 1. The molecule has 150 valence electrons. The summed E-state index contributed by atoms with van der Waals surface area (Å²) in [6.45, 7) is 5.95. The van der Waals surface area contributed by atoms with Crippen molar-refractivity contribution in [2.75, 3.05) is 5.32 Å². The fourth-order valence-electron chi connectivity index (χ4n) is 3.12. The number of imidazole rings is 1. The van der Waals surface area contributed by atoms with Gasteiger partial charge in [0, 0.05) is 28.5 Å². The number of aryl methyl sites for hydroxylation is 3. The number of aromatic nitrogens is 2. The molecule has 0 bridgehead atoms. The first-order valence-corrected chi connectivity index (χ1v) is 9.88. The van der Waals surface area contributed by atoms with Gasteiger partial charge in [-0.15, -0.1) is 23.7 Å². The number of carbonyl (C=O) groups excluding carboxylic acids is 1. The summed E-state index contributed by atoms with van der Waals surface area (Å²) in [5.41, 5.74) is 6.63. The maximum atomic E-state index is 13.2. The van der Waals surface area contributed by atoms with Crippen molar-refractivity contribution in [1.82, 2.24) is 9.38 Å². The van der Waals surface area contributed by atoms with Crippen LogP contribution >= 0.6 is 23.7 Å². The second-order valence-corrected chi connectivity index (χ2v) is 7.83. The highest BCUT2D eigenvalue weighted by Gasteiger charge is 2.14. The summed E-state index contributed by atoms with van der Waals surface area (Å²) in [6.07, 6.45) is 2.20. The van der Waals surface area contributed by atoms with Crippen LogP contribution in [0.15, 0.2) is 48.0 Å². The SMILES string of the molecule is Cc1ccc(-c2cn3c(CC(=O)Nc4ccc(F)cc4C)csc3n2)cc1C.Cl. The summed E-state index contributed by atoms with van der Waals surface area (Å²) in [4.78, 5) is 18.0. The molecule has 0 aliphatic carbocycles. The van der Waals surface area contributed by atoms with E-state index in [2.05, 4.69) is 37.4 Å². The minimum Gasteiger partial charge on any atom is -0.326 e. The molecular formula is C22H21ClFN3OS. The lowest BCUT2D eigenvalue weighted by Crippen LogP contribution is -2.16. The minimum absolute atomic E-state index is 0. The van der Waals surface area contributed by atoms with E-state index < -0.39 is 0 Å². The van der Waals surface area contributed by atoms with E-state index in [4.69, 9.17) is 4.98 Å². The average molecular weight is 430 g/mol. The molecule has 7 heteroatoms. The molecular weight excluding hydrogens is 409 g/mol. The van der Waals surface area contributed by atoms with Crippen molar-refractivity contribution in [3.63, 3.8) is 0 Å². The first-order chi connectivity index (χ1) is 13.4. The highest BCUT2D eigenvalue weighted by Crippen LogP contribution is 2.26. The van der Waals surface area contributed by atoms with Crippen LogP contribution in [0.25, 0.3) is 16.2 Å². The van der Waals surface area contributed by atoms with E-state index in [0.29, 0.717) is 11.3 Å². The number of thiazole rings is 1. The normalized spacial score (nSPS) is 10.8. The minimum atomic E-state index is -0.313. The van der Waals surface area contributed by atoms with Gasteiger partial charge in [0.15, 0.2) is 4.96 Å². The van der Waals surface area contributed by atoms with Crippen molar-refractivity contribution in [2.45, 2.75) is 27.2 Å². The lowest BCUT2D eigenvalue weighted by molar-refractivity contribution is -0.115. The number of nitrogens with one attached hydrogen (secondary N) is 1. The van der Waals surface area contributed by atoms with Gasteiger partial charge >= 0.3 is 0 Å². The number of halogens is 2. The second kappa shape index (κ2) is 8.35. The van der Waals surface area contributed by atoms with Crippen LogP contribution in [-0.2, 0) is 11.2 Å². The molecule has 4 nitrogen and oxygen atoms in total. The van der Waals surface area contributed by atoms with Crippen LogP contribution in [0.1, 0.15) is 22.4 Å². The Morgan fingerprint density at radius 2 is 1.90 bits per heavy atom. The monoisotopic (exact) mass is 429 g/mol. The Morgan fingerprint density at radius 1 is 1.10 bits per heavy atom. The van der Waals surface area contributed by atoms with Gasteiger partial charge in [0.1, 0.15) is 5.82 Å². The number of fused-ring (bicyclic) bond motifs is 1. The van der Waals surface area contributed by atoms with Crippen LogP contribution in [0.5, 0.6) is 0 Å². The molecule has 2 aromatic heterocycles. The molecule has 29 heavy (non-hydrogen) atoms. The van der Waals surface area contributed by atoms with Crippen LogP contribution in [0.2, 0.25) is 0 Å². The van der Waals surface area contributed by atoms with Gasteiger partial charge in [-0.2, -0.15) is 0 Å². The standard InChI is InChI=1S/C22H20FN3OS.ClH/c1-13-4-5-16(8-14(13)2)20-11-26-18(12-28-22(26)25-20)10-21(27)24-19-7-6-17(23)9-15(19)3;/h4-9,11-12H,10H2,1-3H3,(H,24,27);1H. The Kier molecular flexibility index (Phi) is 6.05. The Morgan fingerprint density at radius 3 is 2.62 bits per heavy atom. The first-order valence-electron chi connectivity index (χ1n) is 9.00. The zero-order valence-electron chi connectivity index (χ0n) is 16.3. The molecule has 0 radical (unpaired) electrons. The quantitative estimate of drug-likeness (QED) is 0.450. The summed E-state index contributed by atoms with van der Waals surface area (Å²) in [6, 6.07) is 10.6. The molecule has 1 amide bonds. The van der Waals surface area contributed by atoms with Gasteiger partial charge < -0.3 is 5.32 Å². The van der Waals surface area contributed by atoms with Gasteiger partial charge in [-0.05, 0) is 61.7 Å². The van der Waals surface area contributed by atoms with Crippen LogP contribution in [0.3, 0.4) is 0 Å². The summed E-state index contributed by atoms with van der Waals surface area (Å²) < 4.78 is 15.2. The number of nitrogens with zero attached hydrogens (tertiary/aromatic N) is 2. The molecule has 0 fully saturated rings. The Hall–Kier alpha value is -2.70. The molecule has 4 rings (SSSR count). The number of hydrogen-bond donors (Lipinski definition) is 1. The van der Waals surface area contributed by atoms with Gasteiger partial charge in [-0.1, -0.05) is 12.1 Å². The molecule has 1 N–H and O–H groups in total. The smallest absolute Gasteiger partial charge is 0.230 e. The van der Waals surface area contributed by atoms with Crippen LogP contribution in [0, 0.1) is 26.6 Å². The molecule has 0 unspecified atom stereocenters. The van der Waals surface area contributed by atoms with Crippen molar-refractivity contribution in [1.29, 1.82) is 0 Å². The zero-order valence-corrected chi connectivity index (χ0v) is 18.0. The zero-order chi connectivity index (χ0) is 19.8. The van der Waals surface area contributed by atoms with Crippen LogP contribution < -0.4 is 5.32 Å². The van der Waals surface area contributed by atoms with E-state index in [-0.39, 0.29) is 30.6 Å². The maximum absolute atomic E-state index is 13.2. The topological polar surface area (TPSA) is 46.4 Å². The van der Waals surface area contributed by atoms with Crippen molar-refractivity contribution in [2.24, 2.45) is 0 Å². The van der Waals surface area contributed by atoms with Gasteiger partial charge in [0.05, 0.1) is 12.1 Å². The fourth-order valence-corrected chi connectivity index (χ4v) is 4.00. The third kappa shape index (κ3) is 4.33. The predicted octanol–water partition coefficient (Wildman–Crippen LogP) is 5.73. The highest BCUT2D eigenvalue weighted by molar-refractivity contribution is 7.15. The Balaban J connectivity index is 0.00000240. The van der Waals surface area contributed by atoms with Gasteiger partial charge in [0.2, 0.25) is 5.91 Å². The summed E-state index contributed by atoms with van der Waals surface area (Å²) in [7, 11) is 0. The molecule has 0 saturated carbocycles. The third-order valence-electron chi connectivity index (χ3n) is 4.89. The van der Waals surface area contributed by atoms with E-state index in [1.807, 2.05) is 16.0 Å². The van der Waals surface area contributed by atoms with Crippen molar-refractivity contribution >= 4 is 40.3 Å². The van der Waals surface area contributed by atoms with Crippen molar-refractivity contribution in [3.05, 3.63) is 76.2 Å². The third-order valence-corrected chi connectivity index (χ3v) is 5.78. The number of carbonyl (C=O) groups is 1. The fraction of sp³-hybridized carbons (Fsp3) is 0.182. The van der Waals surface area contributed by atoms with Crippen LogP contribution in [-0.4, -0.2) is 15.3 Å². The molecule has 0 spiro atoms. The molecule has 2 aromatic carbocycles. The van der Waals surface area contributed by atoms with E-state index in [0.717, 1.165) is 21.9 Å². The highest BCUT2D eigenvalue weighted by atomic mass is 35.5. The number of benzene rings is 2. The lowest BCUT2D eigenvalue weighted by atomic mass is 10.0. The van der Waals surface area contributed by atoms with Gasteiger partial charge in [-0.25, -0.2) is 9.37 Å². The van der Waals surface area contributed by atoms with E-state index >= 15 is 0 Å². The van der Waals surface area contributed by atoms with E-state index in [9.17, 15) is 9.18 Å². The Bertz CT molecular complexity index is 1200. The summed E-state index contributed by atoms with van der Waals surface area (Å²) in [5.74, 6) is -0.455. The van der Waals surface area contributed by atoms with Gasteiger partial charge in [-0.3, -0.25) is 9.20 Å². The number of anilines is 1. The van der Waals surface area contributed by atoms with Crippen molar-refractivity contribution in [3.8, 4) is 11.3 Å². The van der Waals surface area contributed by atoms with Gasteiger partial charge in [0.25, 0.3) is 0 Å². The summed E-state index contributed by atoms with van der Waals surface area (Å²) >= 11 is 1.51. The summed E-state index contributed by atoms with van der Waals surface area (Å²) in [5, 5.41) is 4.81. The molecule has 0 atom stereocenters. The maximum Gasteiger partial charge on any atom is 0.230 e. The molecule has 0 saturated heterocycles. The first kappa shape index (κ1) is 21.0. The van der Waals surface area contributed by atoms with E-state index in [1.165, 1.54) is 34.6 Å². The van der Waals surface area contributed by atoms with E-state index in [1.54, 1.807) is 13.0 Å². The molecule has 2 heterocycles. The van der Waals surface area contributed by atoms with Crippen molar-refractivity contribution < 1.29 is 9.18 Å². The second-order valence-electron chi connectivity index (χ2n) is 6.99. The average Bonchev–Trinajstić information content (AvgIpc) is 3.22. The Labute approximate surface area is 178 Å². The predicted molar refractivity (Wildman–Crippen MR) is 119 cm³/mol. The lowest BCUT2D eigenvalue weighted by Gasteiger charge is -2.08. The molecule has 4 aromatic rings. The molecule has 0 aliphatic heterocycles. The number of hydrogen-bond acceptors (Lipinski definition) is 3. The number of rotatable bonds is 4.